The zero-order chi connectivity index (χ0) is 12.1. The average molecular weight is 227 g/mol. The molecule has 3 heteroatoms. The Balaban J connectivity index is 2.62. The molecule has 0 fully saturated rings. The van der Waals surface area contributed by atoms with Gasteiger partial charge in [-0.25, -0.2) is 8.78 Å². The zero-order valence-corrected chi connectivity index (χ0v) is 9.84. The number of benzene rings is 1. The van der Waals surface area contributed by atoms with Crippen molar-refractivity contribution in [2.45, 2.75) is 39.2 Å². The highest BCUT2D eigenvalue weighted by atomic mass is 19.1. The van der Waals surface area contributed by atoms with Gasteiger partial charge in [0.05, 0.1) is 0 Å². The predicted molar refractivity (Wildman–Crippen MR) is 62.0 cm³/mol. The minimum atomic E-state index is -0.544. The van der Waals surface area contributed by atoms with Gasteiger partial charge in [0.2, 0.25) is 0 Å². The molecule has 0 saturated heterocycles. The SMILES string of the molecule is CC(C)CCCC(N)c1c(F)cccc1F. The summed E-state index contributed by atoms with van der Waals surface area (Å²) >= 11 is 0. The van der Waals surface area contributed by atoms with Crippen molar-refractivity contribution in [3.63, 3.8) is 0 Å². The van der Waals surface area contributed by atoms with E-state index in [2.05, 4.69) is 13.8 Å². The summed E-state index contributed by atoms with van der Waals surface area (Å²) in [6, 6.07) is 3.32. The Bertz CT molecular complexity index is 316. The Kier molecular flexibility index (Phi) is 4.87. The normalized spacial score (nSPS) is 13.1. The van der Waals surface area contributed by atoms with Gasteiger partial charge in [0.1, 0.15) is 11.6 Å². The average Bonchev–Trinajstić information content (AvgIpc) is 2.16. The van der Waals surface area contributed by atoms with Gasteiger partial charge in [0.15, 0.2) is 0 Å². The first kappa shape index (κ1) is 13.1. The van der Waals surface area contributed by atoms with E-state index in [0.717, 1.165) is 12.8 Å². The fraction of sp³-hybridized carbons (Fsp3) is 0.538. The number of rotatable bonds is 5. The van der Waals surface area contributed by atoms with Gasteiger partial charge in [-0.15, -0.1) is 0 Å². The maximum absolute atomic E-state index is 13.4. The van der Waals surface area contributed by atoms with E-state index in [-0.39, 0.29) is 5.56 Å². The van der Waals surface area contributed by atoms with Crippen LogP contribution in [0, 0.1) is 17.6 Å². The molecule has 1 aromatic carbocycles. The third-order valence-electron chi connectivity index (χ3n) is 2.67. The van der Waals surface area contributed by atoms with Crippen LogP contribution in [0.15, 0.2) is 18.2 Å². The van der Waals surface area contributed by atoms with Crippen molar-refractivity contribution in [3.8, 4) is 0 Å². The van der Waals surface area contributed by atoms with Crippen LogP contribution in [0.2, 0.25) is 0 Å². The predicted octanol–water partition coefficient (Wildman–Crippen LogP) is 3.79. The number of hydrogen-bond acceptors (Lipinski definition) is 1. The fourth-order valence-corrected chi connectivity index (χ4v) is 1.76. The zero-order valence-electron chi connectivity index (χ0n) is 9.84. The van der Waals surface area contributed by atoms with Crippen LogP contribution in [0.4, 0.5) is 8.78 Å². The summed E-state index contributed by atoms with van der Waals surface area (Å²) in [5, 5.41) is 0. The van der Waals surface area contributed by atoms with Gasteiger partial charge in [-0.2, -0.15) is 0 Å². The molecule has 0 heterocycles. The van der Waals surface area contributed by atoms with Crippen LogP contribution < -0.4 is 5.73 Å². The minimum absolute atomic E-state index is 0.0197. The van der Waals surface area contributed by atoms with Crippen molar-refractivity contribution in [1.29, 1.82) is 0 Å². The van der Waals surface area contributed by atoms with Crippen molar-refractivity contribution < 1.29 is 8.78 Å². The van der Waals surface area contributed by atoms with E-state index in [4.69, 9.17) is 5.73 Å². The summed E-state index contributed by atoms with van der Waals surface area (Å²) < 4.78 is 26.7. The second kappa shape index (κ2) is 5.94. The first-order valence-corrected chi connectivity index (χ1v) is 5.72. The molecular weight excluding hydrogens is 208 g/mol. The molecular formula is C13H19F2N. The topological polar surface area (TPSA) is 26.0 Å². The lowest BCUT2D eigenvalue weighted by Crippen LogP contribution is -2.14. The molecule has 0 aliphatic carbocycles. The molecule has 0 aliphatic heterocycles. The van der Waals surface area contributed by atoms with Crippen LogP contribution in [0.5, 0.6) is 0 Å². The Morgan fingerprint density at radius 3 is 2.19 bits per heavy atom. The number of nitrogens with two attached hydrogens (primary N) is 1. The second-order valence-electron chi connectivity index (χ2n) is 4.57. The maximum Gasteiger partial charge on any atom is 0.130 e. The lowest BCUT2D eigenvalue weighted by atomic mass is 9.98. The van der Waals surface area contributed by atoms with Crippen LogP contribution in [-0.2, 0) is 0 Å². The van der Waals surface area contributed by atoms with Crippen LogP contribution >= 0.6 is 0 Å². The molecule has 0 aromatic heterocycles. The number of hydrogen-bond donors (Lipinski definition) is 1. The molecule has 0 spiro atoms. The van der Waals surface area contributed by atoms with E-state index >= 15 is 0 Å². The van der Waals surface area contributed by atoms with E-state index in [1.165, 1.54) is 18.2 Å². The Labute approximate surface area is 95.7 Å². The molecule has 2 N–H and O–H groups in total. The van der Waals surface area contributed by atoms with Crippen molar-refractivity contribution in [2.24, 2.45) is 11.7 Å². The highest BCUT2D eigenvalue weighted by Crippen LogP contribution is 2.23. The Morgan fingerprint density at radius 2 is 1.69 bits per heavy atom. The second-order valence-corrected chi connectivity index (χ2v) is 4.57. The van der Waals surface area contributed by atoms with Gasteiger partial charge in [-0.3, -0.25) is 0 Å². The van der Waals surface area contributed by atoms with E-state index in [1.54, 1.807) is 0 Å². The molecule has 1 rings (SSSR count). The lowest BCUT2D eigenvalue weighted by molar-refractivity contribution is 0.473. The Hall–Kier alpha value is -0.960. The molecule has 1 atom stereocenters. The van der Waals surface area contributed by atoms with Gasteiger partial charge in [0, 0.05) is 11.6 Å². The Morgan fingerprint density at radius 1 is 1.12 bits per heavy atom. The maximum atomic E-state index is 13.4. The van der Waals surface area contributed by atoms with Crippen molar-refractivity contribution in [1.82, 2.24) is 0 Å². The molecule has 0 radical (unpaired) electrons. The summed E-state index contributed by atoms with van der Waals surface area (Å²) in [4.78, 5) is 0. The van der Waals surface area contributed by atoms with Gasteiger partial charge < -0.3 is 5.73 Å². The monoisotopic (exact) mass is 227 g/mol. The molecule has 1 aromatic rings. The summed E-state index contributed by atoms with van der Waals surface area (Å²) in [6.07, 6.45) is 2.55. The molecule has 16 heavy (non-hydrogen) atoms. The van der Waals surface area contributed by atoms with E-state index in [9.17, 15) is 8.78 Å². The summed E-state index contributed by atoms with van der Waals surface area (Å²) in [7, 11) is 0. The lowest BCUT2D eigenvalue weighted by Gasteiger charge is -2.14. The van der Waals surface area contributed by atoms with Crippen molar-refractivity contribution >= 4 is 0 Å². The van der Waals surface area contributed by atoms with Crippen LogP contribution in [-0.4, -0.2) is 0 Å². The molecule has 0 amide bonds. The van der Waals surface area contributed by atoms with Gasteiger partial charge in [0.25, 0.3) is 0 Å². The molecule has 90 valence electrons. The number of halogens is 2. The highest BCUT2D eigenvalue weighted by molar-refractivity contribution is 5.22. The molecule has 1 unspecified atom stereocenters. The summed E-state index contributed by atoms with van der Waals surface area (Å²) in [5.74, 6) is -0.494. The molecule has 0 bridgehead atoms. The fourth-order valence-electron chi connectivity index (χ4n) is 1.76. The van der Waals surface area contributed by atoms with Gasteiger partial charge >= 0.3 is 0 Å². The summed E-state index contributed by atoms with van der Waals surface area (Å²) in [6.45, 7) is 4.24. The van der Waals surface area contributed by atoms with Crippen molar-refractivity contribution in [3.05, 3.63) is 35.4 Å². The smallest absolute Gasteiger partial charge is 0.130 e. The van der Waals surface area contributed by atoms with E-state index < -0.39 is 17.7 Å². The molecule has 0 aliphatic rings. The minimum Gasteiger partial charge on any atom is -0.324 e. The van der Waals surface area contributed by atoms with E-state index in [1.807, 2.05) is 0 Å². The summed E-state index contributed by atoms with van der Waals surface area (Å²) in [5.41, 5.74) is 5.82. The van der Waals surface area contributed by atoms with Gasteiger partial charge in [-0.05, 0) is 24.5 Å². The largest absolute Gasteiger partial charge is 0.324 e. The van der Waals surface area contributed by atoms with Gasteiger partial charge in [-0.1, -0.05) is 32.8 Å². The van der Waals surface area contributed by atoms with Crippen LogP contribution in [0.1, 0.15) is 44.7 Å². The standard InChI is InChI=1S/C13H19F2N/c1-9(2)5-3-8-12(16)13-10(14)6-4-7-11(13)15/h4,6-7,9,12H,3,5,8,16H2,1-2H3. The van der Waals surface area contributed by atoms with E-state index in [0.29, 0.717) is 12.3 Å². The highest BCUT2D eigenvalue weighted by Gasteiger charge is 2.15. The molecule has 1 nitrogen and oxygen atoms in total. The first-order valence-electron chi connectivity index (χ1n) is 5.72. The quantitative estimate of drug-likeness (QED) is 0.813. The van der Waals surface area contributed by atoms with Crippen LogP contribution in [0.3, 0.4) is 0 Å². The first-order chi connectivity index (χ1) is 7.52. The molecule has 0 saturated carbocycles. The third kappa shape index (κ3) is 3.56. The van der Waals surface area contributed by atoms with Crippen molar-refractivity contribution in [2.75, 3.05) is 0 Å². The third-order valence-corrected chi connectivity index (χ3v) is 2.67. The van der Waals surface area contributed by atoms with Crippen LogP contribution in [0.25, 0.3) is 0 Å².